The van der Waals surface area contributed by atoms with Crippen molar-refractivity contribution >= 4 is 44.9 Å². The zero-order chi connectivity index (χ0) is 32.1. The second-order valence-electron chi connectivity index (χ2n) is 14.9. The lowest BCUT2D eigenvalue weighted by atomic mass is 9.67. The number of nitrogens with zero attached hydrogens (tertiary/aromatic N) is 1. The summed E-state index contributed by atoms with van der Waals surface area (Å²) in [6.07, 6.45) is 5.98. The van der Waals surface area contributed by atoms with Crippen molar-refractivity contribution in [2.45, 2.75) is 76.4 Å². The molecular weight excluding hydrogens is 573 g/mol. The van der Waals surface area contributed by atoms with Crippen LogP contribution in [0.3, 0.4) is 0 Å². The van der Waals surface area contributed by atoms with Gasteiger partial charge in [0, 0.05) is 5.41 Å². The van der Waals surface area contributed by atoms with Gasteiger partial charge in [-0.05, 0) is 130 Å². The summed E-state index contributed by atoms with van der Waals surface area (Å²) in [6.45, 7) is 8.47. The van der Waals surface area contributed by atoms with E-state index < -0.39 is 18.3 Å². The minimum absolute atomic E-state index is 0.0249. The van der Waals surface area contributed by atoms with Crippen molar-refractivity contribution in [1.82, 2.24) is 0 Å². The van der Waals surface area contributed by atoms with Crippen LogP contribution in [0.5, 0.6) is 0 Å². The van der Waals surface area contributed by atoms with Crippen molar-refractivity contribution in [2.24, 2.45) is 0 Å². The zero-order valence-electron chi connectivity index (χ0n) is 27.6. The maximum atomic E-state index is 9.88. The third-order valence-electron chi connectivity index (χ3n) is 11.9. The quantitative estimate of drug-likeness (QED) is 0.145. The highest BCUT2D eigenvalue weighted by atomic mass is 16.7. The SMILES string of the molecule is CC1(C)OB(c2cc3c4ccccc4c(-c4cccc5c4-c4ccc(C#N)cc4C54CCCCC4)cc3c3ccccc23)OC1(C)C. The minimum Gasteiger partial charge on any atom is -0.399 e. The van der Waals surface area contributed by atoms with Crippen molar-refractivity contribution < 1.29 is 9.31 Å². The van der Waals surface area contributed by atoms with E-state index in [1.807, 2.05) is 6.07 Å². The molecule has 0 radical (unpaired) electrons. The van der Waals surface area contributed by atoms with Crippen LogP contribution in [0, 0.1) is 11.3 Å². The normalized spacial score (nSPS) is 18.9. The van der Waals surface area contributed by atoms with Crippen molar-refractivity contribution in [2.75, 3.05) is 0 Å². The van der Waals surface area contributed by atoms with Gasteiger partial charge in [0.15, 0.2) is 0 Å². The fraction of sp³-hybridized carbons (Fsp3) is 0.279. The van der Waals surface area contributed by atoms with E-state index in [-0.39, 0.29) is 5.41 Å². The molecule has 0 aromatic heterocycles. The molecule has 3 nitrogen and oxygen atoms in total. The van der Waals surface area contributed by atoms with Crippen LogP contribution in [0.25, 0.3) is 54.6 Å². The standard InChI is InChI=1S/C43H38BNO2/c1-41(2)42(3,4)47-44(46-41)39-25-36-29-14-7-6-13-28(29)34(24-35(36)30-15-8-9-16-31(30)39)32-17-12-18-37-40(32)33-20-19-27(26-45)23-38(33)43(37)21-10-5-11-22-43/h6-9,12-20,23-25H,5,10-11,21-22H2,1-4H3. The van der Waals surface area contributed by atoms with Gasteiger partial charge in [0.05, 0.1) is 22.8 Å². The van der Waals surface area contributed by atoms with Gasteiger partial charge in [-0.3, -0.25) is 0 Å². The topological polar surface area (TPSA) is 42.2 Å². The summed E-state index contributed by atoms with van der Waals surface area (Å²) in [5, 5.41) is 17.2. The summed E-state index contributed by atoms with van der Waals surface area (Å²) in [6, 6.07) is 38.1. The van der Waals surface area contributed by atoms with Crippen LogP contribution in [-0.4, -0.2) is 18.3 Å². The van der Waals surface area contributed by atoms with Crippen molar-refractivity contribution in [3.63, 3.8) is 0 Å². The van der Waals surface area contributed by atoms with Gasteiger partial charge in [0.25, 0.3) is 0 Å². The molecule has 2 aliphatic carbocycles. The molecular formula is C43H38BNO2. The summed E-state index contributed by atoms with van der Waals surface area (Å²) in [4.78, 5) is 0. The molecule has 0 unspecified atom stereocenters. The maximum absolute atomic E-state index is 9.88. The molecule has 0 bridgehead atoms. The van der Waals surface area contributed by atoms with Gasteiger partial charge in [0.1, 0.15) is 0 Å². The third kappa shape index (κ3) is 4.00. The van der Waals surface area contributed by atoms with Crippen LogP contribution in [-0.2, 0) is 14.7 Å². The summed E-state index contributed by atoms with van der Waals surface area (Å²) in [7, 11) is -0.452. The Kier molecular flexibility index (Phi) is 6.14. The molecule has 4 heteroatoms. The molecule has 47 heavy (non-hydrogen) atoms. The van der Waals surface area contributed by atoms with Crippen LogP contribution in [0.1, 0.15) is 76.5 Å². The summed E-state index contributed by atoms with van der Waals surface area (Å²) in [5.41, 5.74) is 8.90. The van der Waals surface area contributed by atoms with E-state index in [0.29, 0.717) is 0 Å². The van der Waals surface area contributed by atoms with Gasteiger partial charge in [-0.25, -0.2) is 0 Å². The van der Waals surface area contributed by atoms with E-state index in [2.05, 4.69) is 125 Å². The first-order valence-corrected chi connectivity index (χ1v) is 17.1. The number of rotatable bonds is 2. The molecule has 6 aromatic rings. The Balaban J connectivity index is 1.34. The predicted octanol–water partition coefficient (Wildman–Crippen LogP) is 10.2. The van der Waals surface area contributed by atoms with Crippen LogP contribution in [0.4, 0.5) is 0 Å². The van der Waals surface area contributed by atoms with Crippen LogP contribution >= 0.6 is 0 Å². The second-order valence-corrected chi connectivity index (χ2v) is 14.9. The molecule has 2 fully saturated rings. The Labute approximate surface area is 277 Å². The Morgan fingerprint density at radius 3 is 1.91 bits per heavy atom. The Hall–Kier alpha value is -4.43. The lowest BCUT2D eigenvalue weighted by Gasteiger charge is -2.36. The van der Waals surface area contributed by atoms with E-state index in [9.17, 15) is 5.26 Å². The molecule has 1 spiro atoms. The highest BCUT2D eigenvalue weighted by Gasteiger charge is 2.52. The van der Waals surface area contributed by atoms with Gasteiger partial charge in [-0.2, -0.15) is 5.26 Å². The highest BCUT2D eigenvalue weighted by molar-refractivity contribution is 6.66. The molecule has 9 rings (SSSR count). The molecule has 0 atom stereocenters. The van der Waals surface area contributed by atoms with E-state index in [1.54, 1.807) is 0 Å². The molecule has 0 amide bonds. The molecule has 3 aliphatic rings. The Morgan fingerprint density at radius 1 is 0.574 bits per heavy atom. The number of nitriles is 1. The van der Waals surface area contributed by atoms with Crippen LogP contribution in [0.2, 0.25) is 0 Å². The zero-order valence-corrected chi connectivity index (χ0v) is 27.6. The van der Waals surface area contributed by atoms with Crippen LogP contribution < -0.4 is 5.46 Å². The number of hydrogen-bond acceptors (Lipinski definition) is 3. The van der Waals surface area contributed by atoms with Gasteiger partial charge in [-0.15, -0.1) is 0 Å². The molecule has 1 saturated heterocycles. The average Bonchev–Trinajstić information content (AvgIpc) is 3.48. The summed E-state index contributed by atoms with van der Waals surface area (Å²) in [5.74, 6) is 0. The number of hydrogen-bond donors (Lipinski definition) is 0. The monoisotopic (exact) mass is 611 g/mol. The van der Waals surface area contributed by atoms with E-state index >= 15 is 0 Å². The van der Waals surface area contributed by atoms with Crippen molar-refractivity contribution in [1.29, 1.82) is 5.26 Å². The van der Waals surface area contributed by atoms with E-state index in [1.165, 1.54) is 79.6 Å². The van der Waals surface area contributed by atoms with E-state index in [4.69, 9.17) is 9.31 Å². The lowest BCUT2D eigenvalue weighted by molar-refractivity contribution is 0.00578. The molecule has 1 heterocycles. The maximum Gasteiger partial charge on any atom is 0.495 e. The molecule has 1 aliphatic heterocycles. The third-order valence-corrected chi connectivity index (χ3v) is 11.9. The smallest absolute Gasteiger partial charge is 0.399 e. The lowest BCUT2D eigenvalue weighted by Crippen LogP contribution is -2.41. The van der Waals surface area contributed by atoms with Gasteiger partial charge in [0.2, 0.25) is 0 Å². The minimum atomic E-state index is -0.452. The first-order valence-electron chi connectivity index (χ1n) is 17.1. The Bertz CT molecular complexity index is 2310. The largest absolute Gasteiger partial charge is 0.495 e. The summed E-state index contributed by atoms with van der Waals surface area (Å²) < 4.78 is 13.2. The fourth-order valence-electron chi connectivity index (χ4n) is 8.90. The van der Waals surface area contributed by atoms with Gasteiger partial charge in [-0.1, -0.05) is 98.1 Å². The van der Waals surface area contributed by atoms with Crippen LogP contribution in [0.15, 0.2) is 97.1 Å². The van der Waals surface area contributed by atoms with Gasteiger partial charge >= 0.3 is 7.12 Å². The van der Waals surface area contributed by atoms with E-state index in [0.717, 1.165) is 29.3 Å². The van der Waals surface area contributed by atoms with Gasteiger partial charge < -0.3 is 9.31 Å². The molecule has 230 valence electrons. The van der Waals surface area contributed by atoms with Crippen molar-refractivity contribution in [3.8, 4) is 28.3 Å². The van der Waals surface area contributed by atoms with Crippen molar-refractivity contribution in [3.05, 3.63) is 114 Å². The molecule has 0 N–H and O–H groups in total. The number of benzene rings is 6. The highest BCUT2D eigenvalue weighted by Crippen LogP contribution is 2.58. The average molecular weight is 612 g/mol. The first-order chi connectivity index (χ1) is 22.7. The first kappa shape index (κ1) is 28.8. The second kappa shape index (κ2) is 10.0. The molecule has 6 aromatic carbocycles. The fourth-order valence-corrected chi connectivity index (χ4v) is 8.90. The summed E-state index contributed by atoms with van der Waals surface area (Å²) >= 11 is 0. The predicted molar refractivity (Wildman–Crippen MR) is 194 cm³/mol. The molecule has 1 saturated carbocycles. The number of fused-ring (bicyclic) bond motifs is 10. The Morgan fingerprint density at radius 2 is 1.21 bits per heavy atom.